The van der Waals surface area contributed by atoms with Gasteiger partial charge in [-0.1, -0.05) is 252 Å². The maximum Gasteiger partial charge on any atom is 0.573 e. The predicted octanol–water partition coefficient (Wildman–Crippen LogP) is 36.6. The van der Waals surface area contributed by atoms with E-state index in [2.05, 4.69) is 48.8 Å². The first-order valence-electron chi connectivity index (χ1n) is 50.3. The molecule has 15 rings (SSSR count). The Morgan fingerprint density at radius 1 is 0.211 bits per heavy atom. The van der Waals surface area contributed by atoms with Crippen LogP contribution in [-0.2, 0) is 0 Å². The van der Waals surface area contributed by atoms with Gasteiger partial charge in [-0.25, -0.2) is 35.1 Å². The fraction of sp³-hybridized carbons (Fsp3) is 0.722. The minimum Gasteiger partial charge on any atom is -0.406 e. The molecule has 0 bridgehead atoms. The topological polar surface area (TPSA) is 27.7 Å². The fourth-order valence-electron chi connectivity index (χ4n) is 23.9. The molecule has 0 radical (unpaired) electrons. The summed E-state index contributed by atoms with van der Waals surface area (Å²) in [6.45, 7) is 11.8. The molecule has 718 valence electrons. The molecule has 0 saturated heterocycles. The van der Waals surface area contributed by atoms with Crippen molar-refractivity contribution >= 4 is 0 Å². The van der Waals surface area contributed by atoms with E-state index >= 15 is 0 Å². The lowest BCUT2D eigenvalue weighted by Crippen LogP contribution is -2.19. The quantitative estimate of drug-likeness (QED) is 0.0482. The highest BCUT2D eigenvalue weighted by atomic mass is 19.4. The minimum atomic E-state index is -5.11. The van der Waals surface area contributed by atoms with Crippen molar-refractivity contribution in [3.05, 3.63) is 159 Å². The molecule has 128 heavy (non-hydrogen) atoms. The third-order valence-electron chi connectivity index (χ3n) is 32.7. The van der Waals surface area contributed by atoms with Crippen molar-refractivity contribution in [2.45, 2.75) is 404 Å². The second-order valence-corrected chi connectivity index (χ2v) is 42.3. The van der Waals surface area contributed by atoms with Gasteiger partial charge in [0.15, 0.2) is 52.3 Å². The Balaban J connectivity index is 0.000000155. The van der Waals surface area contributed by atoms with Gasteiger partial charge in [-0.3, -0.25) is 0 Å². The average molecular weight is 1820 g/mol. The fourth-order valence-corrected chi connectivity index (χ4v) is 23.9. The van der Waals surface area contributed by atoms with Crippen LogP contribution in [0, 0.1) is 135 Å². The summed E-state index contributed by atoms with van der Waals surface area (Å²) in [5, 5.41) is 0. The zero-order valence-electron chi connectivity index (χ0n) is 77.1. The summed E-state index contributed by atoms with van der Waals surface area (Å²) in [6, 6.07) is 19.2. The first-order valence-corrected chi connectivity index (χ1v) is 50.3. The van der Waals surface area contributed by atoms with Crippen molar-refractivity contribution in [2.24, 2.45) is 88.8 Å². The van der Waals surface area contributed by atoms with E-state index in [9.17, 15) is 74.6 Å². The molecule has 0 N–H and O–H groups in total. The van der Waals surface area contributed by atoms with Crippen LogP contribution in [0.25, 0.3) is 0 Å². The van der Waals surface area contributed by atoms with Crippen LogP contribution in [0.4, 0.5) is 74.6 Å². The maximum atomic E-state index is 14.0. The van der Waals surface area contributed by atoms with Gasteiger partial charge in [-0.2, -0.15) is 0 Å². The number of hydrogen-bond acceptors (Lipinski definition) is 3. The van der Waals surface area contributed by atoms with Crippen molar-refractivity contribution in [1.82, 2.24) is 0 Å². The molecule has 3 nitrogen and oxygen atoms in total. The van der Waals surface area contributed by atoms with E-state index in [4.69, 9.17) is 0 Å². The molecule has 5 aromatic rings. The van der Waals surface area contributed by atoms with Gasteiger partial charge in [0, 0.05) is 0 Å². The number of hydrogen-bond donors (Lipinski definition) is 0. The van der Waals surface area contributed by atoms with Gasteiger partial charge in [0.25, 0.3) is 0 Å². The minimum absolute atomic E-state index is 0.00397. The third-order valence-corrected chi connectivity index (χ3v) is 32.7. The van der Waals surface area contributed by atoms with E-state index in [1.165, 1.54) is 261 Å². The van der Waals surface area contributed by atoms with Crippen molar-refractivity contribution in [1.29, 1.82) is 0 Å². The molecule has 0 aromatic heterocycles. The van der Waals surface area contributed by atoms with Gasteiger partial charge < -0.3 is 14.2 Å². The van der Waals surface area contributed by atoms with E-state index in [0.717, 1.165) is 220 Å². The Morgan fingerprint density at radius 3 is 0.688 bits per heavy atom. The van der Waals surface area contributed by atoms with Gasteiger partial charge in [0.2, 0.25) is 5.75 Å². The van der Waals surface area contributed by atoms with E-state index in [-0.39, 0.29) is 23.5 Å². The molecule has 0 aliphatic heterocycles. The molecule has 0 spiro atoms. The zero-order valence-corrected chi connectivity index (χ0v) is 77.1. The lowest BCUT2D eigenvalue weighted by Gasteiger charge is -2.31. The van der Waals surface area contributed by atoms with Gasteiger partial charge in [-0.15, -0.1) is 39.5 Å². The first-order chi connectivity index (χ1) is 61.0. The summed E-state index contributed by atoms with van der Waals surface area (Å²) in [6.07, 6.45) is 48.2. The average Bonchev–Trinajstić information content (AvgIpc) is 0.807. The van der Waals surface area contributed by atoms with Gasteiger partial charge >= 0.3 is 19.1 Å². The summed E-state index contributed by atoms with van der Waals surface area (Å²) >= 11 is 0. The van der Waals surface area contributed by atoms with Crippen LogP contribution in [-0.4, -0.2) is 19.1 Å². The highest BCUT2D eigenvalue weighted by Crippen LogP contribution is 2.49. The van der Waals surface area contributed by atoms with Crippen LogP contribution in [0.15, 0.2) is 84.9 Å². The Labute approximate surface area is 754 Å². The van der Waals surface area contributed by atoms with E-state index in [1.54, 1.807) is 24.3 Å². The van der Waals surface area contributed by atoms with Crippen molar-refractivity contribution in [3.8, 4) is 17.2 Å². The Morgan fingerprint density at radius 2 is 0.430 bits per heavy atom. The summed E-state index contributed by atoms with van der Waals surface area (Å²) < 4.78 is 230. The SMILES string of the molecule is CC1CCC(CCC2CCC(c3cc(F)c(F)c(F)c3)CC2)CC1.CC1CCC(CCC2CCC(c3cc(F)c(OC(F)(F)F)c(F)c3)CC2)CC1.CC1CCC(CCC2CCC(c3ccc(F)c(F)c3)CC2)CC1.CC1CCC(CCC2CCC(c3ccc(OC(F)(F)F)c(F)c3)CC2)CC1.CC1CCC(CCC2CCC(c3ccc(OC(F)(F)F)cc3)CC2)CC1. The molecule has 0 amide bonds. The Hall–Kier alpha value is -5.69. The largest absolute Gasteiger partial charge is 0.573 e. The van der Waals surface area contributed by atoms with Crippen LogP contribution in [0.2, 0.25) is 0 Å². The number of ether oxygens (including phenoxy) is 3. The van der Waals surface area contributed by atoms with E-state index in [0.29, 0.717) is 28.9 Å². The lowest BCUT2D eigenvalue weighted by molar-refractivity contribution is -0.277. The molecule has 0 heterocycles. The molecule has 10 fully saturated rings. The van der Waals surface area contributed by atoms with Crippen LogP contribution in [0.1, 0.15) is 413 Å². The number of alkyl halides is 9. The predicted molar refractivity (Wildman–Crippen MR) is 477 cm³/mol. The normalized spacial score (nSPS) is 30.3. The highest BCUT2D eigenvalue weighted by molar-refractivity contribution is 5.35. The van der Waals surface area contributed by atoms with E-state index < -0.39 is 77.1 Å². The molecule has 0 unspecified atom stereocenters. The monoisotopic (exact) mass is 1820 g/mol. The van der Waals surface area contributed by atoms with E-state index in [1.807, 2.05) is 0 Å². The zero-order chi connectivity index (χ0) is 91.7. The first kappa shape index (κ1) is 103. The molecule has 10 saturated carbocycles. The maximum absolute atomic E-state index is 14.0. The number of benzene rings is 5. The van der Waals surface area contributed by atoms with Crippen LogP contribution >= 0.6 is 0 Å². The summed E-state index contributed by atoms with van der Waals surface area (Å²) in [5.41, 5.74) is 4.00. The van der Waals surface area contributed by atoms with Crippen LogP contribution in [0.3, 0.4) is 0 Å². The smallest absolute Gasteiger partial charge is 0.406 e. The van der Waals surface area contributed by atoms with Gasteiger partial charge in [-0.05, 0) is 335 Å². The summed E-state index contributed by atoms with van der Waals surface area (Å²) in [7, 11) is 0. The van der Waals surface area contributed by atoms with Gasteiger partial charge in [0.05, 0.1) is 0 Å². The third kappa shape index (κ3) is 34.7. The van der Waals surface area contributed by atoms with Crippen molar-refractivity contribution in [2.75, 3.05) is 0 Å². The number of rotatable bonds is 23. The molecule has 10 aliphatic carbocycles. The van der Waals surface area contributed by atoms with Crippen molar-refractivity contribution in [3.63, 3.8) is 0 Å². The Bertz CT molecular complexity index is 3960. The van der Waals surface area contributed by atoms with Gasteiger partial charge in [0.1, 0.15) is 5.75 Å². The second-order valence-electron chi connectivity index (χ2n) is 42.3. The van der Waals surface area contributed by atoms with Crippen LogP contribution < -0.4 is 14.2 Å². The highest BCUT2D eigenvalue weighted by Gasteiger charge is 2.38. The number of halogens is 17. The van der Waals surface area contributed by atoms with Crippen molar-refractivity contribution < 1.29 is 88.8 Å². The molecule has 0 atom stereocenters. The standard InChI is InChI=1S/C22H29F5O.C22H30F4O.C22H31F3O.C21H29F3.C21H30F2/c1-14-2-4-15(5-3-14)6-7-16-8-10-17(11-9-16)18-12-19(23)21(20(24)13-18)28-22(25,26)27;1-15-2-4-16(5-3-15)6-7-17-8-10-18(11-9-17)19-12-13-21(20(23)14-19)27-22(24,25)26;1-16-2-4-17(5-3-16)6-7-18-8-10-19(11-9-18)20-12-14-21(15-13-20)26-22(23,24)25;1-14-2-4-15(5-3-14)6-7-16-8-10-17(11-9-16)18-12-19(22)21(24)20(23)13-18;1-15-2-4-16(5-3-15)6-7-17-8-10-18(11-9-17)19-12-13-20(22)21(23)14-19/h12-17H,2-11H2,1H3;12-18H,2-11H2,1H3;12-19H,2-11H2,1H3;12-17H,2-11H2,1H3;12-18H,2-11H2,1H3. The second kappa shape index (κ2) is 50.0. The molecule has 20 heteroatoms. The molecular formula is C108H149F17O3. The molecule has 10 aliphatic rings. The molecule has 5 aromatic carbocycles. The summed E-state index contributed by atoms with van der Waals surface area (Å²) in [4.78, 5) is 0. The Kier molecular flexibility index (Phi) is 40.2. The summed E-state index contributed by atoms with van der Waals surface area (Å²) in [5.74, 6) is 3.65. The van der Waals surface area contributed by atoms with Crippen LogP contribution in [0.5, 0.6) is 17.2 Å². The lowest BCUT2D eigenvalue weighted by atomic mass is 9.74. The molecular weight excluding hydrogens is 1670 g/mol.